The van der Waals surface area contributed by atoms with Crippen LogP contribution in [0.3, 0.4) is 0 Å². The first kappa shape index (κ1) is 14.8. The molecule has 21 heavy (non-hydrogen) atoms. The lowest BCUT2D eigenvalue weighted by Gasteiger charge is -2.10. The van der Waals surface area contributed by atoms with Crippen molar-refractivity contribution in [1.29, 1.82) is 5.26 Å². The Labute approximate surface area is 125 Å². The molecule has 0 amide bonds. The van der Waals surface area contributed by atoms with E-state index in [1.165, 1.54) is 0 Å². The zero-order chi connectivity index (χ0) is 15.1. The van der Waals surface area contributed by atoms with E-state index >= 15 is 0 Å². The van der Waals surface area contributed by atoms with Gasteiger partial charge in [0.2, 0.25) is 0 Å². The Morgan fingerprint density at radius 1 is 1.10 bits per heavy atom. The van der Waals surface area contributed by atoms with Crippen LogP contribution in [0, 0.1) is 11.3 Å². The molecule has 0 atom stereocenters. The number of aryl methyl sites for hydroxylation is 1. The fourth-order valence-electron chi connectivity index (χ4n) is 1.94. The number of hydrogen-bond donors (Lipinski definition) is 2. The van der Waals surface area contributed by atoms with Gasteiger partial charge < -0.3 is 10.6 Å². The molecule has 5 heteroatoms. The summed E-state index contributed by atoms with van der Waals surface area (Å²) in [6.45, 7) is 4.89. The SMILES string of the molecule is CCNc1cc(Nc2ccc(CC#N)cc2)nc(CC)n1. The summed E-state index contributed by atoms with van der Waals surface area (Å²) in [6, 6.07) is 11.8. The van der Waals surface area contributed by atoms with Gasteiger partial charge in [-0.3, -0.25) is 0 Å². The van der Waals surface area contributed by atoms with Crippen LogP contribution in [0.2, 0.25) is 0 Å². The highest BCUT2D eigenvalue weighted by Crippen LogP contribution is 2.18. The molecule has 2 N–H and O–H groups in total. The minimum atomic E-state index is 0.429. The lowest BCUT2D eigenvalue weighted by atomic mass is 10.1. The van der Waals surface area contributed by atoms with Crippen LogP contribution in [0.1, 0.15) is 25.2 Å². The smallest absolute Gasteiger partial charge is 0.136 e. The molecule has 5 nitrogen and oxygen atoms in total. The number of anilines is 3. The number of aromatic nitrogens is 2. The molecule has 0 aliphatic rings. The van der Waals surface area contributed by atoms with E-state index in [-0.39, 0.29) is 0 Å². The molecule has 0 aliphatic heterocycles. The third-order valence-corrected chi connectivity index (χ3v) is 2.96. The average Bonchev–Trinajstić information content (AvgIpc) is 2.49. The summed E-state index contributed by atoms with van der Waals surface area (Å²) in [4.78, 5) is 8.90. The van der Waals surface area contributed by atoms with E-state index in [0.717, 1.165) is 41.7 Å². The maximum atomic E-state index is 8.67. The molecular formula is C16H19N5. The van der Waals surface area contributed by atoms with Crippen molar-refractivity contribution < 1.29 is 0 Å². The predicted octanol–water partition coefficient (Wildman–Crippen LogP) is 3.28. The third-order valence-electron chi connectivity index (χ3n) is 2.96. The van der Waals surface area contributed by atoms with E-state index in [1.807, 2.05) is 44.2 Å². The van der Waals surface area contributed by atoms with Gasteiger partial charge in [0.15, 0.2) is 0 Å². The highest BCUT2D eigenvalue weighted by molar-refractivity contribution is 5.59. The second-order valence-corrected chi connectivity index (χ2v) is 4.60. The van der Waals surface area contributed by atoms with Gasteiger partial charge in [0.25, 0.3) is 0 Å². The molecule has 0 saturated heterocycles. The van der Waals surface area contributed by atoms with Gasteiger partial charge in [-0.15, -0.1) is 0 Å². The molecule has 0 unspecified atom stereocenters. The summed E-state index contributed by atoms with van der Waals surface area (Å²) in [6.07, 6.45) is 1.22. The summed E-state index contributed by atoms with van der Waals surface area (Å²) in [7, 11) is 0. The van der Waals surface area contributed by atoms with Crippen LogP contribution in [0.4, 0.5) is 17.3 Å². The molecule has 0 spiro atoms. The van der Waals surface area contributed by atoms with Gasteiger partial charge in [-0.2, -0.15) is 5.26 Å². The first-order valence-electron chi connectivity index (χ1n) is 7.10. The molecule has 108 valence electrons. The zero-order valence-electron chi connectivity index (χ0n) is 12.3. The highest BCUT2D eigenvalue weighted by Gasteiger charge is 2.03. The molecular weight excluding hydrogens is 262 g/mol. The van der Waals surface area contributed by atoms with Crippen molar-refractivity contribution in [1.82, 2.24) is 9.97 Å². The monoisotopic (exact) mass is 281 g/mol. The van der Waals surface area contributed by atoms with Crippen molar-refractivity contribution in [2.45, 2.75) is 26.7 Å². The predicted molar refractivity (Wildman–Crippen MR) is 84.6 cm³/mol. The van der Waals surface area contributed by atoms with Gasteiger partial charge in [-0.05, 0) is 24.6 Å². The fraction of sp³-hybridized carbons (Fsp3) is 0.312. The Morgan fingerprint density at radius 2 is 1.81 bits per heavy atom. The van der Waals surface area contributed by atoms with Crippen LogP contribution in [0.15, 0.2) is 30.3 Å². The van der Waals surface area contributed by atoms with E-state index in [9.17, 15) is 0 Å². The first-order chi connectivity index (χ1) is 10.2. The van der Waals surface area contributed by atoms with E-state index < -0.39 is 0 Å². The molecule has 0 fully saturated rings. The minimum Gasteiger partial charge on any atom is -0.370 e. The summed E-state index contributed by atoms with van der Waals surface area (Å²) in [5.41, 5.74) is 1.95. The second kappa shape index (κ2) is 7.25. The number of nitrogens with zero attached hydrogens (tertiary/aromatic N) is 3. The molecule has 2 aromatic rings. The molecule has 1 heterocycles. The molecule has 2 rings (SSSR count). The summed E-state index contributed by atoms with van der Waals surface area (Å²) in [5, 5.41) is 15.2. The quantitative estimate of drug-likeness (QED) is 0.850. The third kappa shape index (κ3) is 4.18. The Morgan fingerprint density at radius 3 is 2.43 bits per heavy atom. The van der Waals surface area contributed by atoms with Crippen LogP contribution in [0.25, 0.3) is 0 Å². The maximum Gasteiger partial charge on any atom is 0.136 e. The molecule has 0 radical (unpaired) electrons. The topological polar surface area (TPSA) is 73.6 Å². The van der Waals surface area contributed by atoms with Crippen molar-refractivity contribution in [2.75, 3.05) is 17.2 Å². The average molecular weight is 281 g/mol. The number of benzene rings is 1. The Kier molecular flexibility index (Phi) is 5.10. The number of nitriles is 1. The second-order valence-electron chi connectivity index (χ2n) is 4.60. The van der Waals surface area contributed by atoms with Gasteiger partial charge in [0, 0.05) is 24.7 Å². The summed E-state index contributed by atoms with van der Waals surface area (Å²) < 4.78 is 0. The van der Waals surface area contributed by atoms with Gasteiger partial charge >= 0.3 is 0 Å². The van der Waals surface area contributed by atoms with Gasteiger partial charge in [-0.1, -0.05) is 19.1 Å². The van der Waals surface area contributed by atoms with Crippen molar-refractivity contribution in [3.8, 4) is 6.07 Å². The van der Waals surface area contributed by atoms with Crippen molar-refractivity contribution in [3.05, 3.63) is 41.7 Å². The zero-order valence-corrected chi connectivity index (χ0v) is 12.3. The van der Waals surface area contributed by atoms with Crippen LogP contribution in [0.5, 0.6) is 0 Å². The summed E-state index contributed by atoms with van der Waals surface area (Å²) in [5.74, 6) is 2.40. The Bertz CT molecular complexity index is 628. The standard InChI is InChI=1S/C16H19N5/c1-3-14-20-15(18-4-2)11-16(21-14)19-13-7-5-12(6-8-13)9-10-17/h5-8,11H,3-4,9H2,1-2H3,(H2,18,19,20,21). The lowest BCUT2D eigenvalue weighted by Crippen LogP contribution is -2.05. The Hall–Kier alpha value is -2.61. The normalized spacial score (nSPS) is 9.95. The van der Waals surface area contributed by atoms with Gasteiger partial charge in [0.1, 0.15) is 17.5 Å². The minimum absolute atomic E-state index is 0.429. The van der Waals surface area contributed by atoms with E-state index in [4.69, 9.17) is 5.26 Å². The largest absolute Gasteiger partial charge is 0.370 e. The van der Waals surface area contributed by atoms with Crippen LogP contribution in [-0.4, -0.2) is 16.5 Å². The van der Waals surface area contributed by atoms with E-state index in [1.54, 1.807) is 0 Å². The number of nitrogens with one attached hydrogen (secondary N) is 2. The maximum absolute atomic E-state index is 8.67. The highest BCUT2D eigenvalue weighted by atomic mass is 15.1. The lowest BCUT2D eigenvalue weighted by molar-refractivity contribution is 0.939. The first-order valence-corrected chi connectivity index (χ1v) is 7.10. The fourth-order valence-corrected chi connectivity index (χ4v) is 1.94. The van der Waals surface area contributed by atoms with Gasteiger partial charge in [-0.25, -0.2) is 9.97 Å². The van der Waals surface area contributed by atoms with E-state index in [0.29, 0.717) is 6.42 Å². The van der Waals surface area contributed by atoms with Crippen LogP contribution in [-0.2, 0) is 12.8 Å². The molecule has 0 aliphatic carbocycles. The molecule has 0 saturated carbocycles. The molecule has 0 bridgehead atoms. The number of hydrogen-bond acceptors (Lipinski definition) is 5. The van der Waals surface area contributed by atoms with Crippen molar-refractivity contribution in [3.63, 3.8) is 0 Å². The van der Waals surface area contributed by atoms with Crippen LogP contribution < -0.4 is 10.6 Å². The van der Waals surface area contributed by atoms with E-state index in [2.05, 4.69) is 26.7 Å². The summed E-state index contributed by atoms with van der Waals surface area (Å²) >= 11 is 0. The van der Waals surface area contributed by atoms with Crippen molar-refractivity contribution in [2.24, 2.45) is 0 Å². The molecule has 1 aromatic carbocycles. The Balaban J connectivity index is 2.18. The van der Waals surface area contributed by atoms with Crippen molar-refractivity contribution >= 4 is 17.3 Å². The molecule has 1 aromatic heterocycles. The van der Waals surface area contributed by atoms with Gasteiger partial charge in [0.05, 0.1) is 12.5 Å². The number of rotatable bonds is 6. The van der Waals surface area contributed by atoms with Crippen LogP contribution >= 0.6 is 0 Å².